The third-order valence-electron chi connectivity index (χ3n) is 5.64. The molecule has 0 aliphatic carbocycles. The molecule has 0 radical (unpaired) electrons. The van der Waals surface area contributed by atoms with Crippen LogP contribution in [0.3, 0.4) is 0 Å². The quantitative estimate of drug-likeness (QED) is 0.574. The van der Waals surface area contributed by atoms with Gasteiger partial charge in [-0.2, -0.15) is 0 Å². The highest BCUT2D eigenvalue weighted by molar-refractivity contribution is 6.30. The van der Waals surface area contributed by atoms with Crippen molar-refractivity contribution in [2.75, 3.05) is 37.9 Å². The molecule has 1 fully saturated rings. The number of urea groups is 1. The lowest BCUT2D eigenvalue weighted by Gasteiger charge is -2.40. The number of benzene rings is 2. The molecule has 4 rings (SSSR count). The Kier molecular flexibility index (Phi) is 6.90. The molecular weight excluding hydrogens is 444 g/mol. The molecule has 0 spiro atoms. The maximum absolute atomic E-state index is 13.4. The van der Waals surface area contributed by atoms with E-state index >= 15 is 0 Å². The zero-order chi connectivity index (χ0) is 23.4. The van der Waals surface area contributed by atoms with E-state index in [1.165, 1.54) is 6.33 Å². The van der Waals surface area contributed by atoms with Gasteiger partial charge in [-0.1, -0.05) is 17.7 Å². The number of hydrogen-bond donors (Lipinski definition) is 2. The van der Waals surface area contributed by atoms with Gasteiger partial charge in [-0.25, -0.2) is 14.8 Å². The van der Waals surface area contributed by atoms with Gasteiger partial charge in [-0.3, -0.25) is 4.79 Å². The number of amides is 3. The van der Waals surface area contributed by atoms with E-state index in [4.69, 9.17) is 22.1 Å². The van der Waals surface area contributed by atoms with Crippen molar-refractivity contribution in [2.45, 2.75) is 19.0 Å². The summed E-state index contributed by atoms with van der Waals surface area (Å²) in [5.74, 6) is 0.300. The Balaban J connectivity index is 1.49. The molecule has 3 N–H and O–H groups in total. The Morgan fingerprint density at radius 3 is 2.76 bits per heavy atom. The SMILES string of the molecule is COCC[C@H]1C(=O)N(Cc2ccc3c(N)ncnc3c2)CCN1C(=O)Nc1ccc(Cl)cc1. The third-order valence-corrected chi connectivity index (χ3v) is 5.89. The molecule has 10 heteroatoms. The topological polar surface area (TPSA) is 114 Å². The number of nitrogen functional groups attached to an aromatic ring is 1. The summed E-state index contributed by atoms with van der Waals surface area (Å²) in [7, 11) is 1.58. The van der Waals surface area contributed by atoms with Crippen LogP contribution in [-0.2, 0) is 16.1 Å². The van der Waals surface area contributed by atoms with Crippen LogP contribution >= 0.6 is 11.6 Å². The van der Waals surface area contributed by atoms with Crippen LogP contribution in [0.1, 0.15) is 12.0 Å². The number of carbonyl (C=O) groups excluding carboxylic acids is 2. The number of ether oxygens (including phenoxy) is 1. The van der Waals surface area contributed by atoms with Crippen LogP contribution < -0.4 is 11.1 Å². The van der Waals surface area contributed by atoms with E-state index in [1.807, 2.05) is 18.2 Å². The molecule has 0 saturated carbocycles. The molecule has 0 bridgehead atoms. The minimum atomic E-state index is -0.621. The lowest BCUT2D eigenvalue weighted by atomic mass is 10.1. The number of hydrogen-bond acceptors (Lipinski definition) is 6. The Morgan fingerprint density at radius 1 is 1.21 bits per heavy atom. The van der Waals surface area contributed by atoms with Crippen LogP contribution in [0.2, 0.25) is 5.02 Å². The lowest BCUT2D eigenvalue weighted by Crippen LogP contribution is -2.59. The van der Waals surface area contributed by atoms with Gasteiger partial charge in [0.1, 0.15) is 18.2 Å². The fraction of sp³-hybridized carbons (Fsp3) is 0.304. The van der Waals surface area contributed by atoms with E-state index in [1.54, 1.807) is 41.2 Å². The van der Waals surface area contributed by atoms with Crippen LogP contribution in [0.4, 0.5) is 16.3 Å². The van der Waals surface area contributed by atoms with Crippen LogP contribution in [0.25, 0.3) is 10.9 Å². The number of halogens is 1. The summed E-state index contributed by atoms with van der Waals surface area (Å²) < 4.78 is 5.20. The summed E-state index contributed by atoms with van der Waals surface area (Å²) in [4.78, 5) is 37.9. The van der Waals surface area contributed by atoms with Gasteiger partial charge in [0.25, 0.3) is 0 Å². The van der Waals surface area contributed by atoms with Crippen molar-refractivity contribution in [3.8, 4) is 0 Å². The largest absolute Gasteiger partial charge is 0.385 e. The molecule has 0 unspecified atom stereocenters. The van der Waals surface area contributed by atoms with Crippen LogP contribution in [-0.4, -0.2) is 64.6 Å². The predicted molar refractivity (Wildman–Crippen MR) is 127 cm³/mol. The number of nitrogens with zero attached hydrogens (tertiary/aromatic N) is 4. The molecule has 2 heterocycles. The van der Waals surface area contributed by atoms with E-state index in [9.17, 15) is 9.59 Å². The first-order valence-corrected chi connectivity index (χ1v) is 10.9. The van der Waals surface area contributed by atoms with Crippen molar-refractivity contribution in [2.24, 2.45) is 0 Å². The first-order chi connectivity index (χ1) is 16.0. The second kappa shape index (κ2) is 10.0. The fourth-order valence-electron chi connectivity index (χ4n) is 3.92. The van der Waals surface area contributed by atoms with Gasteiger partial charge in [0.15, 0.2) is 0 Å². The van der Waals surface area contributed by atoms with Crippen molar-refractivity contribution >= 4 is 45.9 Å². The van der Waals surface area contributed by atoms with Crippen molar-refractivity contribution in [1.82, 2.24) is 19.8 Å². The summed E-state index contributed by atoms with van der Waals surface area (Å²) >= 11 is 5.92. The van der Waals surface area contributed by atoms with E-state index in [0.29, 0.717) is 49.2 Å². The third kappa shape index (κ3) is 5.15. The van der Waals surface area contributed by atoms with Gasteiger partial charge in [0, 0.05) is 55.9 Å². The number of nitrogens with one attached hydrogen (secondary N) is 1. The maximum Gasteiger partial charge on any atom is 0.322 e. The van der Waals surface area contributed by atoms with E-state index in [0.717, 1.165) is 16.5 Å². The summed E-state index contributed by atoms with van der Waals surface area (Å²) in [6.45, 7) is 1.60. The second-order valence-electron chi connectivity index (χ2n) is 7.80. The summed E-state index contributed by atoms with van der Waals surface area (Å²) in [6, 6.07) is 11.6. The van der Waals surface area contributed by atoms with Crippen LogP contribution in [0, 0.1) is 0 Å². The van der Waals surface area contributed by atoms with Crippen LogP contribution in [0.15, 0.2) is 48.8 Å². The van der Waals surface area contributed by atoms with E-state index in [2.05, 4.69) is 15.3 Å². The van der Waals surface area contributed by atoms with Gasteiger partial charge in [-0.15, -0.1) is 0 Å². The number of aromatic nitrogens is 2. The fourth-order valence-corrected chi connectivity index (χ4v) is 4.04. The smallest absolute Gasteiger partial charge is 0.322 e. The number of rotatable bonds is 6. The zero-order valence-electron chi connectivity index (χ0n) is 18.2. The molecule has 172 valence electrons. The molecule has 1 aliphatic heterocycles. The molecule has 9 nitrogen and oxygen atoms in total. The highest BCUT2D eigenvalue weighted by Gasteiger charge is 2.37. The Hall–Kier alpha value is -3.43. The average Bonchev–Trinajstić information content (AvgIpc) is 2.81. The number of anilines is 2. The molecule has 1 atom stereocenters. The molecule has 33 heavy (non-hydrogen) atoms. The standard InChI is InChI=1S/C23H25ClN6O3/c1-33-11-8-20-22(31)29(13-15-2-7-18-19(12-15)26-14-27-21(18)25)9-10-30(20)23(32)28-17-5-3-16(24)4-6-17/h2-7,12,14,20H,8-11,13H2,1H3,(H,28,32)(H2,25,26,27)/t20-/m0/s1. The van der Waals surface area contributed by atoms with E-state index in [-0.39, 0.29) is 11.9 Å². The minimum Gasteiger partial charge on any atom is -0.385 e. The highest BCUT2D eigenvalue weighted by Crippen LogP contribution is 2.22. The van der Waals surface area contributed by atoms with Crippen molar-refractivity contribution < 1.29 is 14.3 Å². The number of methoxy groups -OCH3 is 1. The molecular formula is C23H25ClN6O3. The molecule has 1 aromatic heterocycles. The predicted octanol–water partition coefficient (Wildman–Crippen LogP) is 3.15. The van der Waals surface area contributed by atoms with Gasteiger partial charge in [0.05, 0.1) is 5.52 Å². The Bertz CT molecular complexity index is 1160. The lowest BCUT2D eigenvalue weighted by molar-refractivity contribution is -0.141. The molecule has 3 aromatic rings. The first kappa shape index (κ1) is 22.8. The number of carbonyl (C=O) groups is 2. The minimum absolute atomic E-state index is 0.119. The molecule has 1 aliphatic rings. The van der Waals surface area contributed by atoms with Gasteiger partial charge in [0.2, 0.25) is 5.91 Å². The summed E-state index contributed by atoms with van der Waals surface area (Å²) in [6.07, 6.45) is 1.83. The number of fused-ring (bicyclic) bond motifs is 1. The summed E-state index contributed by atoms with van der Waals surface area (Å²) in [5.41, 5.74) is 8.17. The van der Waals surface area contributed by atoms with Crippen molar-refractivity contribution in [3.63, 3.8) is 0 Å². The van der Waals surface area contributed by atoms with Gasteiger partial charge in [-0.05, 0) is 42.0 Å². The number of piperazine rings is 1. The van der Waals surface area contributed by atoms with Gasteiger partial charge < -0.3 is 25.6 Å². The zero-order valence-corrected chi connectivity index (χ0v) is 19.0. The maximum atomic E-state index is 13.4. The Morgan fingerprint density at radius 2 is 2.00 bits per heavy atom. The highest BCUT2D eigenvalue weighted by atomic mass is 35.5. The molecule has 3 amide bonds. The first-order valence-electron chi connectivity index (χ1n) is 10.6. The van der Waals surface area contributed by atoms with Crippen molar-refractivity contribution in [3.05, 3.63) is 59.4 Å². The Labute approximate surface area is 196 Å². The normalized spacial score (nSPS) is 16.3. The van der Waals surface area contributed by atoms with Crippen molar-refractivity contribution in [1.29, 1.82) is 0 Å². The van der Waals surface area contributed by atoms with E-state index < -0.39 is 6.04 Å². The van der Waals surface area contributed by atoms with Gasteiger partial charge >= 0.3 is 6.03 Å². The van der Waals surface area contributed by atoms with Crippen LogP contribution in [0.5, 0.6) is 0 Å². The molecule has 2 aromatic carbocycles. The number of nitrogens with two attached hydrogens (primary N) is 1. The monoisotopic (exact) mass is 468 g/mol. The summed E-state index contributed by atoms with van der Waals surface area (Å²) in [5, 5.41) is 4.20. The second-order valence-corrected chi connectivity index (χ2v) is 8.23. The molecule has 1 saturated heterocycles. The average molecular weight is 469 g/mol.